The smallest absolute Gasteiger partial charge is 0.244 e. The Morgan fingerprint density at radius 1 is 1.47 bits per heavy atom. The van der Waals surface area contributed by atoms with Crippen LogP contribution >= 0.6 is 0 Å². The number of sulfonamides is 1. The number of nitrogens with two attached hydrogens (primary N) is 1. The summed E-state index contributed by atoms with van der Waals surface area (Å²) in [6.45, 7) is 2.29. The van der Waals surface area contributed by atoms with Gasteiger partial charge in [0.25, 0.3) is 0 Å². The molecule has 0 amide bonds. The van der Waals surface area contributed by atoms with Gasteiger partial charge in [0.1, 0.15) is 10.6 Å². The Balaban J connectivity index is 2.69. The van der Waals surface area contributed by atoms with Crippen molar-refractivity contribution >= 4 is 10.0 Å². The van der Waals surface area contributed by atoms with Crippen molar-refractivity contribution in [2.75, 3.05) is 13.7 Å². The summed E-state index contributed by atoms with van der Waals surface area (Å²) in [5.41, 5.74) is 7.60. The van der Waals surface area contributed by atoms with Gasteiger partial charge in [-0.3, -0.25) is 0 Å². The molecule has 0 aliphatic carbocycles. The van der Waals surface area contributed by atoms with Crippen LogP contribution in [0.3, 0.4) is 0 Å². The second kappa shape index (κ2) is 4.29. The van der Waals surface area contributed by atoms with E-state index in [1.54, 1.807) is 6.07 Å². The Kier molecular flexibility index (Phi) is 3.11. The van der Waals surface area contributed by atoms with Gasteiger partial charge in [-0.15, -0.1) is 0 Å². The summed E-state index contributed by atoms with van der Waals surface area (Å²) in [5.74, 6) is 0.392. The number of rotatable bonds is 2. The minimum absolute atomic E-state index is 0.163. The number of fused-ring (bicyclic) bond motifs is 1. The van der Waals surface area contributed by atoms with Crippen molar-refractivity contribution in [3.8, 4) is 5.75 Å². The summed E-state index contributed by atoms with van der Waals surface area (Å²) in [6, 6.07) is 3.32. The Hall–Kier alpha value is -1.11. The summed E-state index contributed by atoms with van der Waals surface area (Å²) in [4.78, 5) is 0.171. The van der Waals surface area contributed by atoms with E-state index in [4.69, 9.17) is 10.5 Å². The van der Waals surface area contributed by atoms with Gasteiger partial charge in [-0.2, -0.15) is 0 Å². The molecule has 0 bridgehead atoms. The van der Waals surface area contributed by atoms with Gasteiger partial charge in [-0.1, -0.05) is 6.07 Å². The normalized spacial score (nSPS) is 19.6. The fourth-order valence-electron chi connectivity index (χ4n) is 1.95. The summed E-state index contributed by atoms with van der Waals surface area (Å²) < 4.78 is 31.6. The van der Waals surface area contributed by atoms with Gasteiger partial charge in [-0.05, 0) is 25.6 Å². The lowest BCUT2D eigenvalue weighted by Gasteiger charge is -2.25. The average molecular weight is 256 g/mol. The summed E-state index contributed by atoms with van der Waals surface area (Å²) in [6.07, 6.45) is 0.704. The Bertz CT molecular complexity index is 540. The molecule has 3 N–H and O–H groups in total. The third-order valence-corrected chi connectivity index (χ3v) is 4.28. The lowest BCUT2D eigenvalue weighted by atomic mass is 9.99. The third kappa shape index (κ3) is 2.15. The number of nitrogens with one attached hydrogen (secondary N) is 1. The van der Waals surface area contributed by atoms with Crippen molar-refractivity contribution in [2.24, 2.45) is 5.73 Å². The first-order valence-electron chi connectivity index (χ1n) is 5.42. The topological polar surface area (TPSA) is 81.4 Å². The fraction of sp³-hybridized carbons (Fsp3) is 0.455. The molecule has 1 aromatic rings. The second-order valence-electron chi connectivity index (χ2n) is 4.13. The molecule has 5 nitrogen and oxygen atoms in total. The van der Waals surface area contributed by atoms with Crippen LogP contribution < -0.4 is 15.2 Å². The largest absolute Gasteiger partial charge is 0.492 e. The highest BCUT2D eigenvalue weighted by Gasteiger charge is 2.27. The van der Waals surface area contributed by atoms with E-state index in [0.29, 0.717) is 18.8 Å². The molecular weight excluding hydrogens is 240 g/mol. The highest BCUT2D eigenvalue weighted by molar-refractivity contribution is 7.89. The molecule has 1 aromatic carbocycles. The van der Waals surface area contributed by atoms with Gasteiger partial charge < -0.3 is 10.5 Å². The average Bonchev–Trinajstić information content (AvgIpc) is 2.29. The zero-order valence-corrected chi connectivity index (χ0v) is 10.7. The highest BCUT2D eigenvalue weighted by atomic mass is 32.2. The van der Waals surface area contributed by atoms with Gasteiger partial charge in [0.05, 0.1) is 6.61 Å². The predicted octanol–water partition coefficient (Wildman–Crippen LogP) is 0.685. The molecule has 0 fully saturated rings. The molecule has 1 heterocycles. The first-order chi connectivity index (χ1) is 7.95. The monoisotopic (exact) mass is 256 g/mol. The van der Waals surface area contributed by atoms with Crippen LogP contribution in [0.1, 0.15) is 23.6 Å². The van der Waals surface area contributed by atoms with E-state index in [1.165, 1.54) is 7.05 Å². The molecule has 6 heteroatoms. The SMILES string of the molecule is CNS(=O)(=O)c1cc(C)cc2c1OCCC2N. The third-order valence-electron chi connectivity index (χ3n) is 2.86. The van der Waals surface area contributed by atoms with Crippen LogP contribution in [0.4, 0.5) is 0 Å². The highest BCUT2D eigenvalue weighted by Crippen LogP contribution is 2.37. The Morgan fingerprint density at radius 3 is 2.82 bits per heavy atom. The maximum atomic E-state index is 11.9. The van der Waals surface area contributed by atoms with Crippen molar-refractivity contribution in [1.29, 1.82) is 0 Å². The van der Waals surface area contributed by atoms with Crippen LogP contribution in [-0.4, -0.2) is 22.1 Å². The van der Waals surface area contributed by atoms with Crippen LogP contribution in [-0.2, 0) is 10.0 Å². The minimum Gasteiger partial charge on any atom is -0.492 e. The van der Waals surface area contributed by atoms with Gasteiger partial charge in [-0.25, -0.2) is 13.1 Å². The number of aryl methyl sites for hydroxylation is 1. The lowest BCUT2D eigenvalue weighted by molar-refractivity contribution is 0.261. The molecule has 1 aliphatic heterocycles. The lowest BCUT2D eigenvalue weighted by Crippen LogP contribution is -2.25. The molecular formula is C11H16N2O3S. The van der Waals surface area contributed by atoms with Gasteiger partial charge >= 0.3 is 0 Å². The van der Waals surface area contributed by atoms with E-state index in [2.05, 4.69) is 4.72 Å². The van der Waals surface area contributed by atoms with Crippen molar-refractivity contribution < 1.29 is 13.2 Å². The van der Waals surface area contributed by atoms with E-state index >= 15 is 0 Å². The first kappa shape index (κ1) is 12.3. The quantitative estimate of drug-likeness (QED) is 0.815. The molecule has 1 atom stereocenters. The molecule has 0 radical (unpaired) electrons. The summed E-state index contributed by atoms with van der Waals surface area (Å²) >= 11 is 0. The summed E-state index contributed by atoms with van der Waals surface area (Å²) in [7, 11) is -2.13. The zero-order valence-electron chi connectivity index (χ0n) is 9.86. The van der Waals surface area contributed by atoms with Gasteiger partial charge in [0, 0.05) is 18.0 Å². The predicted molar refractivity (Wildman–Crippen MR) is 64.5 cm³/mol. The van der Waals surface area contributed by atoms with E-state index in [1.807, 2.05) is 13.0 Å². The van der Waals surface area contributed by atoms with Crippen molar-refractivity contribution in [2.45, 2.75) is 24.3 Å². The Labute approximate surface area is 101 Å². The molecule has 94 valence electrons. The van der Waals surface area contributed by atoms with Crippen LogP contribution in [0.5, 0.6) is 5.75 Å². The van der Waals surface area contributed by atoms with E-state index in [9.17, 15) is 8.42 Å². The molecule has 0 aromatic heterocycles. The molecule has 17 heavy (non-hydrogen) atoms. The zero-order chi connectivity index (χ0) is 12.6. The maximum Gasteiger partial charge on any atom is 0.244 e. The van der Waals surface area contributed by atoms with Crippen LogP contribution in [0.15, 0.2) is 17.0 Å². The molecule has 1 aliphatic rings. The fourth-order valence-corrected chi connectivity index (χ4v) is 2.93. The van der Waals surface area contributed by atoms with Gasteiger partial charge in [0.2, 0.25) is 10.0 Å². The maximum absolute atomic E-state index is 11.9. The molecule has 2 rings (SSSR count). The van der Waals surface area contributed by atoms with Crippen LogP contribution in [0, 0.1) is 6.92 Å². The van der Waals surface area contributed by atoms with Crippen molar-refractivity contribution in [3.05, 3.63) is 23.3 Å². The molecule has 0 saturated carbocycles. The Morgan fingerprint density at radius 2 is 2.18 bits per heavy atom. The van der Waals surface area contributed by atoms with Crippen LogP contribution in [0.25, 0.3) is 0 Å². The van der Waals surface area contributed by atoms with Crippen molar-refractivity contribution in [3.63, 3.8) is 0 Å². The van der Waals surface area contributed by atoms with Crippen LogP contribution in [0.2, 0.25) is 0 Å². The molecule has 0 saturated heterocycles. The number of benzene rings is 1. The van der Waals surface area contributed by atoms with Crippen molar-refractivity contribution in [1.82, 2.24) is 4.72 Å². The molecule has 0 spiro atoms. The van der Waals surface area contributed by atoms with E-state index in [0.717, 1.165) is 11.1 Å². The number of hydrogen-bond acceptors (Lipinski definition) is 4. The van der Waals surface area contributed by atoms with Gasteiger partial charge in [0.15, 0.2) is 0 Å². The first-order valence-corrected chi connectivity index (χ1v) is 6.90. The van der Waals surface area contributed by atoms with E-state index in [-0.39, 0.29) is 10.9 Å². The van der Waals surface area contributed by atoms with E-state index < -0.39 is 10.0 Å². The second-order valence-corrected chi connectivity index (χ2v) is 5.99. The summed E-state index contributed by atoms with van der Waals surface area (Å²) in [5, 5.41) is 0. The number of hydrogen-bond donors (Lipinski definition) is 2. The minimum atomic E-state index is -3.52. The number of ether oxygens (including phenoxy) is 1. The molecule has 1 unspecified atom stereocenters. The standard InChI is InChI=1S/C11H16N2O3S/c1-7-5-8-9(12)3-4-16-11(8)10(6-7)17(14,15)13-2/h5-6,9,13H,3-4,12H2,1-2H3.